The van der Waals surface area contributed by atoms with E-state index in [0.29, 0.717) is 11.8 Å². The Kier molecular flexibility index (Phi) is 4.64. The number of carbonyl (C=O) groups excluding carboxylic acids is 2. The highest BCUT2D eigenvalue weighted by atomic mass is 19.1. The number of aromatic hydroxyl groups is 1. The number of carbonyl (C=O) groups is 2. The second kappa shape index (κ2) is 7.40. The van der Waals surface area contributed by atoms with E-state index >= 15 is 0 Å². The highest BCUT2D eigenvalue weighted by Crippen LogP contribution is 2.56. The van der Waals surface area contributed by atoms with Gasteiger partial charge in [0.2, 0.25) is 5.43 Å². The monoisotopic (exact) mass is 467 g/mol. The average molecular weight is 467 g/mol. The largest absolute Gasteiger partial charge is 0.503 e. The molecule has 2 saturated carbocycles. The van der Waals surface area contributed by atoms with Crippen LogP contribution in [-0.2, 0) is 11.3 Å². The second-order valence-corrected chi connectivity index (χ2v) is 9.99. The van der Waals surface area contributed by atoms with Crippen LogP contribution >= 0.6 is 0 Å². The van der Waals surface area contributed by atoms with E-state index < -0.39 is 41.1 Å². The molecular weight excluding hydrogens is 441 g/mol. The molecule has 2 amide bonds. The third kappa shape index (κ3) is 3.10. The summed E-state index contributed by atoms with van der Waals surface area (Å²) >= 11 is 0. The number of nitrogens with one attached hydrogen (secondary N) is 1. The van der Waals surface area contributed by atoms with Gasteiger partial charge in [-0.05, 0) is 56.6 Å². The predicted molar refractivity (Wildman–Crippen MR) is 119 cm³/mol. The van der Waals surface area contributed by atoms with Crippen molar-refractivity contribution in [1.29, 1.82) is 0 Å². The lowest BCUT2D eigenvalue weighted by molar-refractivity contribution is -0.0887. The van der Waals surface area contributed by atoms with Crippen LogP contribution < -0.4 is 10.7 Å². The van der Waals surface area contributed by atoms with Crippen molar-refractivity contribution >= 4 is 11.8 Å². The van der Waals surface area contributed by atoms with Crippen LogP contribution in [0, 0.1) is 24.6 Å². The van der Waals surface area contributed by atoms with Gasteiger partial charge in [0.15, 0.2) is 17.7 Å². The number of pyridine rings is 1. The number of ether oxygens (including phenoxy) is 1. The predicted octanol–water partition coefficient (Wildman–Crippen LogP) is 2.47. The summed E-state index contributed by atoms with van der Waals surface area (Å²) in [7, 11) is 0. The zero-order chi connectivity index (χ0) is 23.9. The van der Waals surface area contributed by atoms with E-state index in [4.69, 9.17) is 4.74 Å². The molecule has 3 aliphatic heterocycles. The van der Waals surface area contributed by atoms with Crippen LogP contribution in [0.25, 0.3) is 0 Å². The Morgan fingerprint density at radius 2 is 2.06 bits per heavy atom. The van der Waals surface area contributed by atoms with Crippen molar-refractivity contribution in [2.24, 2.45) is 11.8 Å². The number of halogens is 1. The molecule has 178 valence electrons. The number of hydrogen-bond acceptors (Lipinski definition) is 5. The molecule has 1 aromatic carbocycles. The maximum absolute atomic E-state index is 14.3. The van der Waals surface area contributed by atoms with Crippen molar-refractivity contribution in [2.75, 3.05) is 0 Å². The highest BCUT2D eigenvalue weighted by Gasteiger charge is 2.59. The molecule has 2 saturated heterocycles. The molecular formula is C25H26FN3O5. The van der Waals surface area contributed by atoms with Gasteiger partial charge in [-0.25, -0.2) is 4.39 Å². The summed E-state index contributed by atoms with van der Waals surface area (Å²) in [6, 6.07) is 4.04. The van der Waals surface area contributed by atoms with E-state index in [2.05, 4.69) is 5.32 Å². The Morgan fingerprint density at radius 3 is 2.82 bits per heavy atom. The van der Waals surface area contributed by atoms with E-state index in [9.17, 15) is 23.9 Å². The minimum atomic E-state index is -0.920. The summed E-state index contributed by atoms with van der Waals surface area (Å²) in [5.74, 6) is -1.49. The first kappa shape index (κ1) is 21.3. The van der Waals surface area contributed by atoms with Crippen LogP contribution in [-0.4, -0.2) is 44.8 Å². The summed E-state index contributed by atoms with van der Waals surface area (Å²) < 4.78 is 22.1. The summed E-state index contributed by atoms with van der Waals surface area (Å²) in [4.78, 5) is 41.0. The van der Waals surface area contributed by atoms with Crippen LogP contribution in [0.3, 0.4) is 0 Å². The third-order valence-corrected chi connectivity index (χ3v) is 7.87. The minimum absolute atomic E-state index is 0.0535. The lowest BCUT2D eigenvalue weighted by Gasteiger charge is -2.40. The fraction of sp³-hybridized carbons (Fsp3) is 0.480. The first-order valence-electron chi connectivity index (χ1n) is 11.8. The average Bonchev–Trinajstić information content (AvgIpc) is 3.59. The molecule has 0 spiro atoms. The summed E-state index contributed by atoms with van der Waals surface area (Å²) in [5.41, 5.74) is -0.296. The van der Waals surface area contributed by atoms with Crippen LogP contribution in [0.15, 0.2) is 29.2 Å². The van der Waals surface area contributed by atoms with Gasteiger partial charge >= 0.3 is 0 Å². The Morgan fingerprint density at radius 1 is 1.26 bits per heavy atom. The number of amides is 2. The maximum atomic E-state index is 14.3. The Labute approximate surface area is 195 Å². The summed E-state index contributed by atoms with van der Waals surface area (Å²) in [6.07, 6.45) is 3.72. The molecule has 4 heterocycles. The van der Waals surface area contributed by atoms with E-state index in [-0.39, 0.29) is 35.5 Å². The van der Waals surface area contributed by atoms with Gasteiger partial charge < -0.3 is 24.6 Å². The lowest BCUT2D eigenvalue weighted by atomic mass is 9.92. The minimum Gasteiger partial charge on any atom is -0.503 e. The van der Waals surface area contributed by atoms with Gasteiger partial charge in [0.1, 0.15) is 11.4 Å². The molecule has 4 fully saturated rings. The van der Waals surface area contributed by atoms with E-state index in [0.717, 1.165) is 24.8 Å². The molecule has 2 N–H and O–H groups in total. The van der Waals surface area contributed by atoms with Gasteiger partial charge in [0.25, 0.3) is 11.8 Å². The van der Waals surface area contributed by atoms with Crippen LogP contribution in [0.4, 0.5) is 4.39 Å². The molecule has 9 heteroatoms. The molecule has 5 aliphatic rings. The van der Waals surface area contributed by atoms with Gasteiger partial charge in [0, 0.05) is 17.8 Å². The quantitative estimate of drug-likeness (QED) is 0.722. The van der Waals surface area contributed by atoms with Crippen molar-refractivity contribution in [3.05, 3.63) is 62.8 Å². The molecule has 7 rings (SSSR count). The Balaban J connectivity index is 1.32. The fourth-order valence-electron chi connectivity index (χ4n) is 6.08. The van der Waals surface area contributed by atoms with Gasteiger partial charge in [-0.15, -0.1) is 0 Å². The highest BCUT2D eigenvalue weighted by molar-refractivity contribution is 5.99. The smallest absolute Gasteiger partial charge is 0.276 e. The molecule has 2 aliphatic carbocycles. The zero-order valence-corrected chi connectivity index (χ0v) is 19.0. The molecule has 1 aromatic heterocycles. The SMILES string of the molecule is Cc1ccc([C@@H](C)NC(=O)c2cn3c(c(O)c2=O)C(=O)N2C4CCC(O[C@@H]2C3)[C@@H]2C[C@H]42)c(F)c1. The number of fused-ring (bicyclic) bond motifs is 2. The van der Waals surface area contributed by atoms with Crippen LogP contribution in [0.5, 0.6) is 5.75 Å². The molecule has 8 nitrogen and oxygen atoms in total. The lowest BCUT2D eigenvalue weighted by Crippen LogP contribution is -2.54. The number of aryl methyl sites for hydroxylation is 1. The van der Waals surface area contributed by atoms with Crippen LogP contribution in [0.1, 0.15) is 64.2 Å². The summed E-state index contributed by atoms with van der Waals surface area (Å²) in [6.45, 7) is 3.61. The number of aromatic nitrogens is 1. The molecule has 2 bridgehead atoms. The van der Waals surface area contributed by atoms with Gasteiger partial charge in [-0.1, -0.05) is 12.1 Å². The first-order chi connectivity index (χ1) is 16.2. The maximum Gasteiger partial charge on any atom is 0.276 e. The number of rotatable bonds is 3. The fourth-order valence-corrected chi connectivity index (χ4v) is 6.08. The Bertz CT molecular complexity index is 1290. The van der Waals surface area contributed by atoms with Gasteiger partial charge in [0.05, 0.1) is 18.7 Å². The van der Waals surface area contributed by atoms with Crippen molar-refractivity contribution in [2.45, 2.75) is 64.1 Å². The molecule has 2 unspecified atom stereocenters. The molecule has 2 aromatic rings. The topological polar surface area (TPSA) is 101 Å². The van der Waals surface area contributed by atoms with Crippen molar-refractivity contribution < 1.29 is 23.8 Å². The van der Waals surface area contributed by atoms with Crippen molar-refractivity contribution in [3.63, 3.8) is 0 Å². The molecule has 6 atom stereocenters. The summed E-state index contributed by atoms with van der Waals surface area (Å²) in [5, 5.41) is 13.3. The molecule has 0 radical (unpaired) electrons. The van der Waals surface area contributed by atoms with Crippen molar-refractivity contribution in [1.82, 2.24) is 14.8 Å². The van der Waals surface area contributed by atoms with Gasteiger partial charge in [-0.2, -0.15) is 0 Å². The van der Waals surface area contributed by atoms with E-state index in [1.165, 1.54) is 16.8 Å². The number of hydrogen-bond donors (Lipinski definition) is 2. The van der Waals surface area contributed by atoms with Gasteiger partial charge in [-0.3, -0.25) is 14.4 Å². The van der Waals surface area contributed by atoms with Crippen LogP contribution in [0.2, 0.25) is 0 Å². The Hall–Kier alpha value is -3.20. The number of nitrogens with zero attached hydrogens (tertiary/aromatic N) is 2. The number of benzene rings is 1. The third-order valence-electron chi connectivity index (χ3n) is 7.87. The van der Waals surface area contributed by atoms with E-state index in [1.54, 1.807) is 30.9 Å². The standard InChI is InChI=1S/C25H26FN3O5/c1-11-3-4-13(17(26)7-11)12(2)27-24(32)16-9-28-10-20-29(25(33)21(28)23(31)22(16)30)18-5-6-19(34-20)15-8-14(15)18/h3-4,7,9,12,14-15,18-20,31H,5-6,8,10H2,1-2H3,(H,27,32)/t12-,14+,15-,18?,19?,20-/m1/s1. The normalized spacial score (nSPS) is 29.6. The molecule has 34 heavy (non-hydrogen) atoms. The second-order valence-electron chi connectivity index (χ2n) is 9.99. The zero-order valence-electron chi connectivity index (χ0n) is 19.0. The van der Waals surface area contributed by atoms with Crippen molar-refractivity contribution in [3.8, 4) is 5.75 Å². The first-order valence-corrected chi connectivity index (χ1v) is 11.8. The van der Waals surface area contributed by atoms with E-state index in [1.807, 2.05) is 0 Å².